The molecule has 0 radical (unpaired) electrons. The molecule has 0 aliphatic heterocycles. The topological polar surface area (TPSA) is 71.2 Å². The van der Waals surface area contributed by atoms with Crippen LogP contribution >= 0.6 is 0 Å². The van der Waals surface area contributed by atoms with E-state index in [1.165, 1.54) is 0 Å². The van der Waals surface area contributed by atoms with Crippen LogP contribution in [0.2, 0.25) is 0 Å². The average Bonchev–Trinajstić information content (AvgIpc) is 2.90. The minimum Gasteiger partial charge on any atom is -0.358 e. The fourth-order valence-corrected chi connectivity index (χ4v) is 2.49. The monoisotopic (exact) mass is 308 g/mol. The zero-order valence-corrected chi connectivity index (χ0v) is 12.6. The maximum Gasteiger partial charge on any atom is 0.316 e. The summed E-state index contributed by atoms with van der Waals surface area (Å²) in [6.45, 7) is 1.97. The predicted molar refractivity (Wildman–Crippen MR) is 86.7 cm³/mol. The number of Topliss-reactive ketones (excluding diaryl/α,β-unsaturated/α-hetero) is 1. The number of benzene rings is 2. The SMILES string of the molecule is Cc1[nH]c2ccccc2c1C(=O)C(=O)NOCc1ccccc1. The van der Waals surface area contributed by atoms with Gasteiger partial charge in [0.1, 0.15) is 0 Å². The summed E-state index contributed by atoms with van der Waals surface area (Å²) >= 11 is 0. The zero-order valence-electron chi connectivity index (χ0n) is 12.6. The molecule has 3 aromatic rings. The molecule has 2 aromatic carbocycles. The Morgan fingerprint density at radius 2 is 1.74 bits per heavy atom. The fourth-order valence-electron chi connectivity index (χ4n) is 2.49. The molecule has 5 nitrogen and oxygen atoms in total. The highest BCUT2D eigenvalue weighted by atomic mass is 16.7. The van der Waals surface area contributed by atoms with E-state index in [2.05, 4.69) is 10.5 Å². The van der Waals surface area contributed by atoms with E-state index in [1.807, 2.05) is 54.6 Å². The lowest BCUT2D eigenvalue weighted by atomic mass is 10.1. The second-order valence-corrected chi connectivity index (χ2v) is 5.21. The van der Waals surface area contributed by atoms with Crippen LogP contribution in [0.5, 0.6) is 0 Å². The second-order valence-electron chi connectivity index (χ2n) is 5.21. The first kappa shape index (κ1) is 15.0. The molecule has 1 aromatic heterocycles. The fraction of sp³-hybridized carbons (Fsp3) is 0.111. The number of amides is 1. The van der Waals surface area contributed by atoms with Gasteiger partial charge in [0.2, 0.25) is 0 Å². The van der Waals surface area contributed by atoms with Gasteiger partial charge < -0.3 is 4.98 Å². The van der Waals surface area contributed by atoms with Crippen molar-refractivity contribution in [1.82, 2.24) is 10.5 Å². The highest BCUT2D eigenvalue weighted by Crippen LogP contribution is 2.22. The van der Waals surface area contributed by atoms with Crippen molar-refractivity contribution in [3.8, 4) is 0 Å². The summed E-state index contributed by atoms with van der Waals surface area (Å²) in [6.07, 6.45) is 0. The van der Waals surface area contributed by atoms with Crippen LogP contribution < -0.4 is 5.48 Å². The van der Waals surface area contributed by atoms with Gasteiger partial charge in [-0.25, -0.2) is 5.48 Å². The van der Waals surface area contributed by atoms with Crippen molar-refractivity contribution in [3.63, 3.8) is 0 Å². The summed E-state index contributed by atoms with van der Waals surface area (Å²) < 4.78 is 0. The van der Waals surface area contributed by atoms with Crippen molar-refractivity contribution < 1.29 is 14.4 Å². The van der Waals surface area contributed by atoms with Gasteiger partial charge in [0.15, 0.2) is 0 Å². The lowest BCUT2D eigenvalue weighted by Gasteiger charge is -2.05. The average molecular weight is 308 g/mol. The van der Waals surface area contributed by atoms with Gasteiger partial charge >= 0.3 is 5.91 Å². The lowest BCUT2D eigenvalue weighted by molar-refractivity contribution is -0.129. The normalized spacial score (nSPS) is 10.7. The van der Waals surface area contributed by atoms with Crippen LogP contribution in [0.3, 0.4) is 0 Å². The highest BCUT2D eigenvalue weighted by molar-refractivity contribution is 6.45. The van der Waals surface area contributed by atoms with Gasteiger partial charge in [-0.15, -0.1) is 0 Å². The summed E-state index contributed by atoms with van der Waals surface area (Å²) in [6, 6.07) is 16.8. The van der Waals surface area contributed by atoms with E-state index in [0.717, 1.165) is 16.5 Å². The summed E-state index contributed by atoms with van der Waals surface area (Å²) in [5.74, 6) is -1.40. The van der Waals surface area contributed by atoms with Gasteiger partial charge in [-0.3, -0.25) is 14.4 Å². The van der Waals surface area contributed by atoms with Crippen LogP contribution in [0, 0.1) is 6.92 Å². The molecule has 1 amide bonds. The molecule has 0 bridgehead atoms. The Bertz CT molecular complexity index is 853. The Kier molecular flexibility index (Phi) is 4.21. The lowest BCUT2D eigenvalue weighted by Crippen LogP contribution is -2.31. The van der Waals surface area contributed by atoms with Gasteiger partial charge in [-0.1, -0.05) is 48.5 Å². The number of para-hydroxylation sites is 1. The van der Waals surface area contributed by atoms with Crippen molar-refractivity contribution in [2.75, 3.05) is 0 Å². The number of fused-ring (bicyclic) bond motifs is 1. The summed E-state index contributed by atoms with van der Waals surface area (Å²) in [5.41, 5.74) is 4.98. The number of aromatic nitrogens is 1. The first-order valence-corrected chi connectivity index (χ1v) is 7.24. The zero-order chi connectivity index (χ0) is 16.2. The summed E-state index contributed by atoms with van der Waals surface area (Å²) in [4.78, 5) is 32.6. The molecule has 23 heavy (non-hydrogen) atoms. The molecule has 0 aliphatic rings. The number of hydrogen-bond donors (Lipinski definition) is 2. The third-order valence-electron chi connectivity index (χ3n) is 3.57. The number of hydrogen-bond acceptors (Lipinski definition) is 3. The maximum absolute atomic E-state index is 12.4. The third kappa shape index (κ3) is 3.14. The van der Waals surface area contributed by atoms with Crippen LogP contribution in [0.1, 0.15) is 21.6 Å². The molecule has 0 atom stereocenters. The van der Waals surface area contributed by atoms with Crippen molar-refractivity contribution >= 4 is 22.6 Å². The first-order valence-electron chi connectivity index (χ1n) is 7.24. The number of ketones is 1. The third-order valence-corrected chi connectivity index (χ3v) is 3.57. The van der Waals surface area contributed by atoms with Crippen molar-refractivity contribution in [2.45, 2.75) is 13.5 Å². The number of aryl methyl sites for hydroxylation is 1. The minimum atomic E-state index is -0.784. The van der Waals surface area contributed by atoms with Crippen LogP contribution in [0.4, 0.5) is 0 Å². The number of aromatic amines is 1. The van der Waals surface area contributed by atoms with Gasteiger partial charge in [0.05, 0.1) is 12.2 Å². The number of H-pyrrole nitrogens is 1. The second kappa shape index (κ2) is 6.46. The van der Waals surface area contributed by atoms with Crippen molar-refractivity contribution in [3.05, 3.63) is 71.4 Å². The van der Waals surface area contributed by atoms with Crippen LogP contribution in [-0.2, 0) is 16.2 Å². The largest absolute Gasteiger partial charge is 0.358 e. The highest BCUT2D eigenvalue weighted by Gasteiger charge is 2.22. The first-order chi connectivity index (χ1) is 11.2. The van der Waals surface area contributed by atoms with E-state index in [9.17, 15) is 9.59 Å². The summed E-state index contributed by atoms with van der Waals surface area (Å²) in [7, 11) is 0. The van der Waals surface area contributed by atoms with Gasteiger partial charge in [0.25, 0.3) is 5.78 Å². The number of rotatable bonds is 5. The molecule has 1 heterocycles. The minimum absolute atomic E-state index is 0.201. The molecule has 0 fully saturated rings. The molecule has 0 saturated carbocycles. The molecule has 116 valence electrons. The molecule has 0 aliphatic carbocycles. The van der Waals surface area contributed by atoms with Crippen LogP contribution in [0.15, 0.2) is 54.6 Å². The smallest absolute Gasteiger partial charge is 0.316 e. The molecule has 5 heteroatoms. The van der Waals surface area contributed by atoms with Crippen LogP contribution in [-0.4, -0.2) is 16.7 Å². The number of nitrogens with one attached hydrogen (secondary N) is 2. The van der Waals surface area contributed by atoms with Crippen LogP contribution in [0.25, 0.3) is 10.9 Å². The number of carbonyl (C=O) groups excluding carboxylic acids is 2. The maximum atomic E-state index is 12.4. The van der Waals surface area contributed by atoms with E-state index in [-0.39, 0.29) is 6.61 Å². The van der Waals surface area contributed by atoms with Gasteiger partial charge in [-0.05, 0) is 18.6 Å². The Morgan fingerprint density at radius 3 is 2.52 bits per heavy atom. The van der Waals surface area contributed by atoms with Gasteiger partial charge in [0, 0.05) is 16.6 Å². The van der Waals surface area contributed by atoms with E-state index >= 15 is 0 Å². The van der Waals surface area contributed by atoms with Crippen molar-refractivity contribution in [2.24, 2.45) is 0 Å². The predicted octanol–water partition coefficient (Wildman–Crippen LogP) is 2.91. The summed E-state index contributed by atoms with van der Waals surface area (Å²) in [5, 5.41) is 0.730. The number of carbonyl (C=O) groups is 2. The van der Waals surface area contributed by atoms with Gasteiger partial charge in [-0.2, -0.15) is 0 Å². The molecule has 2 N–H and O–H groups in total. The molecule has 0 saturated heterocycles. The Balaban J connectivity index is 1.69. The molecular weight excluding hydrogens is 292 g/mol. The molecule has 3 rings (SSSR count). The standard InChI is InChI=1S/C18H16N2O3/c1-12-16(14-9-5-6-10-15(14)19-12)17(21)18(22)20-23-11-13-7-3-2-4-8-13/h2-10,19H,11H2,1H3,(H,20,22). The molecule has 0 spiro atoms. The molecule has 0 unspecified atom stereocenters. The Morgan fingerprint density at radius 1 is 1.04 bits per heavy atom. The quantitative estimate of drug-likeness (QED) is 0.432. The van der Waals surface area contributed by atoms with E-state index in [0.29, 0.717) is 11.3 Å². The van der Waals surface area contributed by atoms with E-state index in [4.69, 9.17) is 4.84 Å². The van der Waals surface area contributed by atoms with E-state index in [1.54, 1.807) is 6.92 Å². The Hall–Kier alpha value is -2.92. The number of hydroxylamine groups is 1. The molecular formula is C18H16N2O3. The Labute approximate surface area is 133 Å². The van der Waals surface area contributed by atoms with Crippen molar-refractivity contribution in [1.29, 1.82) is 0 Å². The van der Waals surface area contributed by atoms with E-state index < -0.39 is 11.7 Å².